The number of carboxylic acids is 1. The SMILES string of the molecule is COc1cc(/C=N\NC(N)=O)cc(I)c1OCC(=O)[O-]. The van der Waals surface area contributed by atoms with Gasteiger partial charge >= 0.3 is 6.03 Å². The van der Waals surface area contributed by atoms with Gasteiger partial charge in [-0.15, -0.1) is 0 Å². The van der Waals surface area contributed by atoms with Gasteiger partial charge < -0.3 is 25.1 Å². The van der Waals surface area contributed by atoms with Crippen molar-refractivity contribution in [3.8, 4) is 11.5 Å². The average Bonchev–Trinajstić information content (AvgIpc) is 2.36. The lowest BCUT2D eigenvalue weighted by Crippen LogP contribution is -2.29. The Morgan fingerprint density at radius 1 is 1.55 bits per heavy atom. The van der Waals surface area contributed by atoms with Crippen LogP contribution in [0.1, 0.15) is 5.56 Å². The molecule has 108 valence electrons. The van der Waals surface area contributed by atoms with Crippen LogP contribution in [0.2, 0.25) is 0 Å². The number of hydrogen-bond donors (Lipinski definition) is 2. The van der Waals surface area contributed by atoms with Crippen molar-refractivity contribution in [2.45, 2.75) is 0 Å². The normalized spacial score (nSPS) is 10.3. The molecule has 20 heavy (non-hydrogen) atoms. The first-order chi connectivity index (χ1) is 9.43. The van der Waals surface area contributed by atoms with Gasteiger partial charge in [0.1, 0.15) is 6.61 Å². The van der Waals surface area contributed by atoms with Gasteiger partial charge in [0.15, 0.2) is 11.5 Å². The van der Waals surface area contributed by atoms with Crippen LogP contribution in [-0.4, -0.2) is 31.9 Å². The molecule has 2 amide bonds. The number of nitrogens with one attached hydrogen (secondary N) is 1. The number of hydrogen-bond acceptors (Lipinski definition) is 6. The Morgan fingerprint density at radius 2 is 2.25 bits per heavy atom. The quantitative estimate of drug-likeness (QED) is 0.381. The molecule has 0 aromatic heterocycles. The zero-order valence-corrected chi connectivity index (χ0v) is 12.5. The fraction of sp³-hybridized carbons (Fsp3) is 0.182. The van der Waals surface area contributed by atoms with Crippen molar-refractivity contribution < 1.29 is 24.2 Å². The van der Waals surface area contributed by atoms with Crippen molar-refractivity contribution in [1.82, 2.24) is 5.43 Å². The number of carbonyl (C=O) groups excluding carboxylic acids is 2. The molecule has 0 fully saturated rings. The second-order valence-electron chi connectivity index (χ2n) is 3.43. The molecule has 0 atom stereocenters. The lowest BCUT2D eigenvalue weighted by Gasteiger charge is -2.13. The fourth-order valence-electron chi connectivity index (χ4n) is 1.26. The van der Waals surface area contributed by atoms with E-state index < -0.39 is 18.6 Å². The topological polar surface area (TPSA) is 126 Å². The predicted molar refractivity (Wildman–Crippen MR) is 76.5 cm³/mol. The van der Waals surface area contributed by atoms with E-state index in [1.807, 2.05) is 22.6 Å². The third-order valence-corrected chi connectivity index (χ3v) is 2.78. The van der Waals surface area contributed by atoms with Gasteiger partial charge in [0, 0.05) is 0 Å². The van der Waals surface area contributed by atoms with E-state index in [0.717, 1.165) is 0 Å². The van der Waals surface area contributed by atoms with Crippen LogP contribution < -0.4 is 25.7 Å². The number of aliphatic carboxylic acids is 1. The second kappa shape index (κ2) is 7.53. The fourth-order valence-corrected chi connectivity index (χ4v) is 2.04. The Balaban J connectivity index is 2.97. The van der Waals surface area contributed by atoms with Crippen LogP contribution in [-0.2, 0) is 4.79 Å². The number of halogens is 1. The van der Waals surface area contributed by atoms with Gasteiger partial charge in [-0.25, -0.2) is 10.2 Å². The molecule has 1 aromatic rings. The molecule has 0 saturated heterocycles. The van der Waals surface area contributed by atoms with Crippen molar-refractivity contribution in [1.29, 1.82) is 0 Å². The number of rotatable bonds is 6. The van der Waals surface area contributed by atoms with E-state index in [-0.39, 0.29) is 5.75 Å². The number of carboxylic acid groups (broad SMARTS) is 1. The highest BCUT2D eigenvalue weighted by Gasteiger charge is 2.11. The van der Waals surface area contributed by atoms with Crippen molar-refractivity contribution >= 4 is 40.8 Å². The molecule has 0 aliphatic rings. The number of carbonyl (C=O) groups is 2. The van der Waals surface area contributed by atoms with E-state index in [2.05, 4.69) is 10.5 Å². The minimum Gasteiger partial charge on any atom is -0.546 e. The number of nitrogens with two attached hydrogens (primary N) is 1. The molecule has 0 spiro atoms. The van der Waals surface area contributed by atoms with E-state index >= 15 is 0 Å². The Kier molecular flexibility index (Phi) is 6.03. The van der Waals surface area contributed by atoms with Crippen molar-refractivity contribution in [2.24, 2.45) is 10.8 Å². The lowest BCUT2D eigenvalue weighted by atomic mass is 10.2. The number of primary amides is 1. The molecule has 9 heteroatoms. The van der Waals surface area contributed by atoms with Gasteiger partial charge in [0.05, 0.1) is 22.9 Å². The maximum Gasteiger partial charge on any atom is 0.332 e. The molecule has 0 unspecified atom stereocenters. The van der Waals surface area contributed by atoms with Crippen molar-refractivity contribution in [3.05, 3.63) is 21.3 Å². The number of nitrogens with zero attached hydrogens (tertiary/aromatic N) is 1. The highest BCUT2D eigenvalue weighted by atomic mass is 127. The Hall–Kier alpha value is -2.04. The highest BCUT2D eigenvalue weighted by molar-refractivity contribution is 14.1. The maximum atomic E-state index is 10.5. The third-order valence-electron chi connectivity index (χ3n) is 1.97. The summed E-state index contributed by atoms with van der Waals surface area (Å²) in [5, 5.41) is 14.0. The largest absolute Gasteiger partial charge is 0.546 e. The Bertz CT molecular complexity index is 547. The van der Waals surface area contributed by atoms with E-state index in [1.165, 1.54) is 13.3 Å². The highest BCUT2D eigenvalue weighted by Crippen LogP contribution is 2.33. The monoisotopic (exact) mass is 392 g/mol. The molecule has 1 rings (SSSR count). The van der Waals surface area contributed by atoms with Gasteiger partial charge in [0.2, 0.25) is 0 Å². The second-order valence-corrected chi connectivity index (χ2v) is 4.59. The van der Waals surface area contributed by atoms with Crippen molar-refractivity contribution in [3.63, 3.8) is 0 Å². The molecular weight excluding hydrogens is 381 g/mol. The van der Waals surface area contributed by atoms with Crippen LogP contribution in [0.4, 0.5) is 4.79 Å². The van der Waals surface area contributed by atoms with Crippen LogP contribution in [0.5, 0.6) is 11.5 Å². The molecule has 0 saturated carbocycles. The number of benzene rings is 1. The molecule has 8 nitrogen and oxygen atoms in total. The first-order valence-corrected chi connectivity index (χ1v) is 6.30. The molecule has 3 N–H and O–H groups in total. The summed E-state index contributed by atoms with van der Waals surface area (Å²) in [7, 11) is 1.42. The van der Waals surface area contributed by atoms with E-state index in [0.29, 0.717) is 14.9 Å². The van der Waals surface area contributed by atoms with E-state index in [9.17, 15) is 14.7 Å². The minimum absolute atomic E-state index is 0.289. The summed E-state index contributed by atoms with van der Waals surface area (Å²) in [6.07, 6.45) is 1.36. The maximum absolute atomic E-state index is 10.5. The standard InChI is InChI=1S/C11H12IN3O5/c1-19-8-3-6(4-14-15-11(13)18)2-7(12)10(8)20-5-9(16)17/h2-4H,5H2,1H3,(H,16,17)(H3,13,15,18)/p-1/b14-4-. The van der Waals surface area contributed by atoms with Gasteiger partial charge in [-0.3, -0.25) is 0 Å². The number of ether oxygens (including phenoxy) is 2. The number of methoxy groups -OCH3 is 1. The number of hydrazone groups is 1. The zero-order chi connectivity index (χ0) is 15.1. The summed E-state index contributed by atoms with van der Waals surface area (Å²) in [5.41, 5.74) is 7.53. The van der Waals surface area contributed by atoms with Gasteiger partial charge in [-0.05, 0) is 40.3 Å². The summed E-state index contributed by atoms with van der Waals surface area (Å²) in [6.45, 7) is -0.580. The van der Waals surface area contributed by atoms with Crippen LogP contribution in [0.3, 0.4) is 0 Å². The summed E-state index contributed by atoms with van der Waals surface area (Å²) in [4.78, 5) is 20.9. The molecular formula is C11H11IN3O5-. The number of amides is 2. The molecule has 0 radical (unpaired) electrons. The molecule has 0 aliphatic heterocycles. The minimum atomic E-state index is -1.33. The summed E-state index contributed by atoms with van der Waals surface area (Å²) < 4.78 is 10.8. The first kappa shape index (κ1) is 16.0. The smallest absolute Gasteiger partial charge is 0.332 e. The van der Waals surface area contributed by atoms with Crippen LogP contribution in [0, 0.1) is 3.57 Å². The van der Waals surface area contributed by atoms with Crippen LogP contribution >= 0.6 is 22.6 Å². The molecule has 0 bridgehead atoms. The van der Waals surface area contributed by atoms with Gasteiger partial charge in [0.25, 0.3) is 0 Å². The zero-order valence-electron chi connectivity index (χ0n) is 10.4. The summed E-state index contributed by atoms with van der Waals surface area (Å²) >= 11 is 1.95. The Labute approximate surface area is 128 Å². The lowest BCUT2D eigenvalue weighted by molar-refractivity contribution is -0.307. The summed E-state index contributed by atoms with van der Waals surface area (Å²) in [5.74, 6) is -0.713. The van der Waals surface area contributed by atoms with Crippen molar-refractivity contribution in [2.75, 3.05) is 13.7 Å². The van der Waals surface area contributed by atoms with Crippen LogP contribution in [0.25, 0.3) is 0 Å². The molecule has 1 aromatic carbocycles. The van der Waals surface area contributed by atoms with Gasteiger partial charge in [-0.1, -0.05) is 0 Å². The first-order valence-electron chi connectivity index (χ1n) is 5.22. The van der Waals surface area contributed by atoms with E-state index in [1.54, 1.807) is 12.1 Å². The molecule has 0 heterocycles. The summed E-state index contributed by atoms with van der Waals surface area (Å²) in [6, 6.07) is 2.45. The van der Waals surface area contributed by atoms with Gasteiger partial charge in [-0.2, -0.15) is 5.10 Å². The predicted octanol–water partition coefficient (Wildman–Crippen LogP) is -0.569. The third kappa shape index (κ3) is 4.91. The average molecular weight is 392 g/mol. The Morgan fingerprint density at radius 3 is 2.80 bits per heavy atom. The number of urea groups is 1. The van der Waals surface area contributed by atoms with Crippen LogP contribution in [0.15, 0.2) is 17.2 Å². The molecule has 0 aliphatic carbocycles. The van der Waals surface area contributed by atoms with E-state index in [4.69, 9.17) is 15.2 Å².